The molecule has 134 valence electrons. The summed E-state index contributed by atoms with van der Waals surface area (Å²) in [7, 11) is 1.30. The first-order valence-corrected chi connectivity index (χ1v) is 9.52. The monoisotopic (exact) mass is 369 g/mol. The van der Waals surface area contributed by atoms with Gasteiger partial charge in [-0.15, -0.1) is 11.3 Å². The second-order valence-corrected chi connectivity index (χ2v) is 7.59. The number of aromatic nitrogens is 1. The highest BCUT2D eigenvalue weighted by atomic mass is 32.1. The van der Waals surface area contributed by atoms with E-state index in [0.29, 0.717) is 17.2 Å². The number of fused-ring (bicyclic) bond motifs is 4. The second kappa shape index (κ2) is 7.06. The number of pyridine rings is 1. The van der Waals surface area contributed by atoms with Crippen molar-refractivity contribution < 1.29 is 14.3 Å². The van der Waals surface area contributed by atoms with Crippen molar-refractivity contribution in [1.29, 1.82) is 0 Å². The summed E-state index contributed by atoms with van der Waals surface area (Å²) in [6, 6.07) is 1.95. The number of hydrogen-bond donors (Lipinski definition) is 1. The summed E-state index contributed by atoms with van der Waals surface area (Å²) in [6.45, 7) is 3.20. The molecule has 5 rings (SSSR count). The second-order valence-electron chi connectivity index (χ2n) is 6.67. The van der Waals surface area contributed by atoms with Gasteiger partial charge in [0.25, 0.3) is 5.91 Å². The molecular weight excluding hydrogens is 350 g/mol. The molecular formula is C19H19N3O3S. The fourth-order valence-electron chi connectivity index (χ4n) is 3.69. The van der Waals surface area contributed by atoms with Gasteiger partial charge < -0.3 is 15.0 Å². The van der Waals surface area contributed by atoms with Crippen LogP contribution in [-0.2, 0) is 9.53 Å². The fraction of sp³-hybridized carbons (Fsp3) is 0.421. The van der Waals surface area contributed by atoms with Crippen LogP contribution in [0.15, 0.2) is 17.6 Å². The van der Waals surface area contributed by atoms with E-state index in [2.05, 4.69) is 31.8 Å². The normalized spacial score (nSPS) is 24.0. The van der Waals surface area contributed by atoms with E-state index in [4.69, 9.17) is 0 Å². The summed E-state index contributed by atoms with van der Waals surface area (Å²) < 4.78 is 5.47. The molecule has 0 spiro atoms. The van der Waals surface area contributed by atoms with Gasteiger partial charge in [0.2, 0.25) is 0 Å². The van der Waals surface area contributed by atoms with Crippen LogP contribution in [0.1, 0.15) is 28.9 Å². The van der Waals surface area contributed by atoms with Crippen LogP contribution in [-0.4, -0.2) is 54.5 Å². The molecule has 2 aromatic heterocycles. The van der Waals surface area contributed by atoms with Crippen molar-refractivity contribution in [3.05, 3.63) is 28.9 Å². The molecule has 2 aromatic rings. The molecule has 1 N–H and O–H groups in total. The zero-order chi connectivity index (χ0) is 18.1. The van der Waals surface area contributed by atoms with E-state index in [1.165, 1.54) is 18.4 Å². The van der Waals surface area contributed by atoms with E-state index in [1.54, 1.807) is 12.3 Å². The molecule has 3 fully saturated rings. The smallest absolute Gasteiger partial charge is 0.384 e. The lowest BCUT2D eigenvalue weighted by Gasteiger charge is -2.44. The number of carbonyl (C=O) groups excluding carboxylic acids is 2. The summed E-state index contributed by atoms with van der Waals surface area (Å²) in [5.74, 6) is 5.07. The lowest BCUT2D eigenvalue weighted by atomic mass is 9.84. The summed E-state index contributed by atoms with van der Waals surface area (Å²) >= 11 is 1.48. The van der Waals surface area contributed by atoms with Crippen LogP contribution in [0.4, 0.5) is 0 Å². The van der Waals surface area contributed by atoms with Crippen LogP contribution >= 0.6 is 11.3 Å². The highest BCUT2D eigenvalue weighted by Gasteiger charge is 2.35. The van der Waals surface area contributed by atoms with E-state index < -0.39 is 5.97 Å². The predicted octanol–water partition coefficient (Wildman–Crippen LogP) is 1.64. The van der Waals surface area contributed by atoms with Gasteiger partial charge in [-0.25, -0.2) is 9.78 Å². The summed E-state index contributed by atoms with van der Waals surface area (Å²) in [5, 5.41) is 5.84. The first-order valence-electron chi connectivity index (χ1n) is 8.64. The Morgan fingerprint density at radius 3 is 2.88 bits per heavy atom. The molecule has 0 aromatic carbocycles. The zero-order valence-electron chi connectivity index (χ0n) is 14.4. The molecule has 0 radical (unpaired) electrons. The van der Waals surface area contributed by atoms with E-state index in [-0.39, 0.29) is 11.9 Å². The van der Waals surface area contributed by atoms with Crippen LogP contribution in [0.25, 0.3) is 10.1 Å². The quantitative estimate of drug-likeness (QED) is 0.644. The molecule has 0 unspecified atom stereocenters. The summed E-state index contributed by atoms with van der Waals surface area (Å²) in [4.78, 5) is 30.6. The van der Waals surface area contributed by atoms with Gasteiger partial charge in [0.1, 0.15) is 5.69 Å². The molecule has 0 aliphatic carbocycles. The van der Waals surface area contributed by atoms with Crippen molar-refractivity contribution in [3.63, 3.8) is 0 Å². The van der Waals surface area contributed by atoms with Gasteiger partial charge in [-0.3, -0.25) is 4.79 Å². The topological polar surface area (TPSA) is 71.5 Å². The number of ether oxygens (including phenoxy) is 1. The molecule has 1 amide bonds. The van der Waals surface area contributed by atoms with Gasteiger partial charge in [-0.1, -0.05) is 5.92 Å². The Bertz CT molecular complexity index is 919. The highest BCUT2D eigenvalue weighted by Crippen LogP contribution is 2.28. The van der Waals surface area contributed by atoms with Crippen LogP contribution in [0, 0.1) is 17.8 Å². The Morgan fingerprint density at radius 1 is 1.38 bits per heavy atom. The molecule has 5 heterocycles. The maximum Gasteiger partial charge on any atom is 0.384 e. The van der Waals surface area contributed by atoms with Crippen molar-refractivity contribution in [2.24, 2.45) is 5.92 Å². The van der Waals surface area contributed by atoms with Gasteiger partial charge in [0.05, 0.1) is 11.8 Å². The van der Waals surface area contributed by atoms with Gasteiger partial charge in [0.15, 0.2) is 0 Å². The van der Waals surface area contributed by atoms with Crippen molar-refractivity contribution in [1.82, 2.24) is 15.2 Å². The van der Waals surface area contributed by atoms with Gasteiger partial charge >= 0.3 is 5.97 Å². The maximum absolute atomic E-state index is 12.7. The lowest BCUT2D eigenvalue weighted by Crippen LogP contribution is -2.57. The Labute approximate surface area is 155 Å². The van der Waals surface area contributed by atoms with Crippen LogP contribution in [0.5, 0.6) is 0 Å². The van der Waals surface area contributed by atoms with Crippen LogP contribution in [0.3, 0.4) is 0 Å². The number of nitrogens with one attached hydrogen (secondary N) is 1. The average Bonchev–Trinajstić information content (AvgIpc) is 3.09. The van der Waals surface area contributed by atoms with E-state index in [1.807, 2.05) is 5.38 Å². The number of amides is 1. The Hall–Kier alpha value is -2.43. The molecule has 3 aliphatic rings. The van der Waals surface area contributed by atoms with Crippen LogP contribution in [0.2, 0.25) is 0 Å². The molecule has 7 heteroatoms. The Kier molecular flexibility index (Phi) is 4.62. The van der Waals surface area contributed by atoms with Gasteiger partial charge in [0, 0.05) is 41.0 Å². The first-order chi connectivity index (χ1) is 12.6. The molecule has 3 saturated heterocycles. The standard InChI is InChI=1S/C19H19N3O3S/c1-25-18(23)3-2-13-11-26-17-9-20-15(8-14(13)17)19(24)21-16-10-22-6-4-12(16)5-7-22/h8-9,11-12,16H,4-7,10H2,1H3,(H,21,24)/t16-/m0/s1. The van der Waals surface area contributed by atoms with Gasteiger partial charge in [-0.2, -0.15) is 0 Å². The van der Waals surface area contributed by atoms with Crippen LogP contribution < -0.4 is 5.32 Å². The number of nitrogens with zero attached hydrogens (tertiary/aromatic N) is 2. The fourth-order valence-corrected chi connectivity index (χ4v) is 4.53. The van der Waals surface area contributed by atoms with E-state index in [9.17, 15) is 9.59 Å². The number of thiophene rings is 1. The summed E-state index contributed by atoms with van der Waals surface area (Å²) in [5.41, 5.74) is 1.09. The third-order valence-electron chi connectivity index (χ3n) is 5.15. The third kappa shape index (κ3) is 3.30. The molecule has 6 nitrogen and oxygen atoms in total. The number of hydrogen-bond acceptors (Lipinski definition) is 6. The van der Waals surface area contributed by atoms with E-state index in [0.717, 1.165) is 42.6 Å². The average molecular weight is 369 g/mol. The minimum Gasteiger partial charge on any atom is -0.459 e. The lowest BCUT2D eigenvalue weighted by molar-refractivity contribution is -0.133. The van der Waals surface area contributed by atoms with Crippen molar-refractivity contribution in [2.45, 2.75) is 18.9 Å². The number of piperidine rings is 3. The van der Waals surface area contributed by atoms with Gasteiger partial charge in [-0.05, 0) is 37.9 Å². The van der Waals surface area contributed by atoms with E-state index >= 15 is 0 Å². The largest absolute Gasteiger partial charge is 0.459 e. The summed E-state index contributed by atoms with van der Waals surface area (Å²) in [6.07, 6.45) is 3.99. The third-order valence-corrected chi connectivity index (χ3v) is 6.08. The predicted molar refractivity (Wildman–Crippen MR) is 98.9 cm³/mol. The SMILES string of the molecule is COC(=O)C#Cc1csc2cnc(C(=O)N[C@H]3CN4CCC3CC4)cc12. The number of carbonyl (C=O) groups is 2. The minimum absolute atomic E-state index is 0.149. The highest BCUT2D eigenvalue weighted by molar-refractivity contribution is 7.17. The van der Waals surface area contributed by atoms with Crippen molar-refractivity contribution >= 4 is 33.3 Å². The number of esters is 1. The molecule has 1 atom stereocenters. The minimum atomic E-state index is -0.585. The molecule has 26 heavy (non-hydrogen) atoms. The first kappa shape index (κ1) is 17.0. The Balaban J connectivity index is 1.55. The van der Waals surface area contributed by atoms with Crippen molar-refractivity contribution in [2.75, 3.05) is 26.7 Å². The number of methoxy groups -OCH3 is 1. The molecule has 3 aliphatic heterocycles. The Morgan fingerprint density at radius 2 is 2.19 bits per heavy atom. The molecule has 2 bridgehead atoms. The zero-order valence-corrected chi connectivity index (χ0v) is 15.3. The molecule has 0 saturated carbocycles. The van der Waals surface area contributed by atoms with Crippen molar-refractivity contribution in [3.8, 4) is 11.8 Å². The number of rotatable bonds is 2. The maximum atomic E-state index is 12.7.